The third-order valence-electron chi connectivity index (χ3n) is 5.61. The van der Waals surface area contributed by atoms with E-state index in [0.29, 0.717) is 0 Å². The molecule has 2 bridgehead atoms. The lowest BCUT2D eigenvalue weighted by atomic mass is 9.81. The van der Waals surface area contributed by atoms with Crippen molar-refractivity contribution in [3.63, 3.8) is 0 Å². The molecule has 1 aromatic rings. The van der Waals surface area contributed by atoms with Gasteiger partial charge in [-0.15, -0.1) is 0 Å². The number of hydrogen-bond acceptors (Lipinski definition) is 4. The highest BCUT2D eigenvalue weighted by Gasteiger charge is 2.66. The second-order valence-corrected chi connectivity index (χ2v) is 9.03. The topological polar surface area (TPSA) is 63.7 Å². The highest BCUT2D eigenvalue weighted by molar-refractivity contribution is 9.12. The van der Waals surface area contributed by atoms with Gasteiger partial charge < -0.3 is 4.74 Å². The molecule has 132 valence electrons. The van der Waals surface area contributed by atoms with Gasteiger partial charge in [0, 0.05) is 9.65 Å². The Balaban J connectivity index is 1.41. The summed E-state index contributed by atoms with van der Waals surface area (Å²) in [7, 11) is 0. The third-order valence-corrected chi connectivity index (χ3v) is 8.81. The van der Waals surface area contributed by atoms with Gasteiger partial charge in [0.05, 0.1) is 11.8 Å². The van der Waals surface area contributed by atoms with E-state index in [-0.39, 0.29) is 58.3 Å². The second-order valence-electron chi connectivity index (χ2n) is 6.91. The second kappa shape index (κ2) is 6.50. The van der Waals surface area contributed by atoms with Gasteiger partial charge in [-0.25, -0.2) is 0 Å². The zero-order valence-electron chi connectivity index (χ0n) is 13.3. The van der Waals surface area contributed by atoms with E-state index in [2.05, 4.69) is 31.9 Å². The number of ether oxygens (including phenoxy) is 1. The average Bonchev–Trinajstić information content (AvgIpc) is 3.21. The van der Waals surface area contributed by atoms with E-state index in [1.54, 1.807) is 0 Å². The van der Waals surface area contributed by atoms with Gasteiger partial charge in [0.15, 0.2) is 0 Å². The number of carbonyl (C=O) groups excluding carboxylic acids is 3. The van der Waals surface area contributed by atoms with E-state index < -0.39 is 5.97 Å². The van der Waals surface area contributed by atoms with Gasteiger partial charge in [0.25, 0.3) is 0 Å². The quantitative estimate of drug-likeness (QED) is 0.385. The Morgan fingerprint density at radius 3 is 2.16 bits per heavy atom. The fourth-order valence-electron chi connectivity index (χ4n) is 4.48. The van der Waals surface area contributed by atoms with E-state index in [1.165, 1.54) is 0 Å². The Morgan fingerprint density at radius 1 is 1.04 bits per heavy atom. The highest BCUT2D eigenvalue weighted by Crippen LogP contribution is 2.60. The Morgan fingerprint density at radius 2 is 1.60 bits per heavy atom. The van der Waals surface area contributed by atoms with E-state index in [0.717, 1.165) is 16.9 Å². The third kappa shape index (κ3) is 2.76. The molecule has 2 saturated carbocycles. The molecule has 0 spiro atoms. The molecule has 7 heteroatoms. The molecule has 0 aromatic heterocycles. The molecule has 2 amide bonds. The molecule has 0 radical (unpaired) electrons. The number of fused-ring (bicyclic) bond motifs is 5. The van der Waals surface area contributed by atoms with Crippen molar-refractivity contribution in [2.45, 2.75) is 22.7 Å². The van der Waals surface area contributed by atoms with Crippen LogP contribution in [-0.2, 0) is 25.7 Å². The SMILES string of the molecule is O=C(CN1C(=O)[C@@H]2[C@H]3C[C@@H]([C@H](Br)[C@H]3Br)[C@H]2C1=O)OCc1ccccc1. The maximum absolute atomic E-state index is 12.7. The molecule has 0 N–H and O–H groups in total. The van der Waals surface area contributed by atoms with Crippen LogP contribution in [0.3, 0.4) is 0 Å². The molecule has 1 saturated heterocycles. The summed E-state index contributed by atoms with van der Waals surface area (Å²) in [6, 6.07) is 9.32. The number of esters is 1. The first-order chi connectivity index (χ1) is 12.0. The normalized spacial score (nSPS) is 36.0. The van der Waals surface area contributed by atoms with Crippen LogP contribution in [0.1, 0.15) is 12.0 Å². The predicted molar refractivity (Wildman–Crippen MR) is 97.0 cm³/mol. The molecule has 2 aliphatic carbocycles. The Kier molecular flexibility index (Phi) is 4.48. The molecule has 25 heavy (non-hydrogen) atoms. The molecule has 6 atom stereocenters. The minimum absolute atomic E-state index is 0.140. The molecule has 1 heterocycles. The number of likely N-dealkylation sites (tertiary alicyclic amines) is 1. The number of alkyl halides is 2. The Hall–Kier alpha value is -1.21. The van der Waals surface area contributed by atoms with Crippen LogP contribution in [-0.4, -0.2) is 38.9 Å². The molecule has 0 unspecified atom stereocenters. The first kappa shape index (κ1) is 17.2. The van der Waals surface area contributed by atoms with Crippen molar-refractivity contribution < 1.29 is 19.1 Å². The monoisotopic (exact) mass is 469 g/mol. The van der Waals surface area contributed by atoms with Gasteiger partial charge in [-0.3, -0.25) is 19.3 Å². The number of amides is 2. The summed E-state index contributed by atoms with van der Waals surface area (Å²) in [4.78, 5) is 39.0. The van der Waals surface area contributed by atoms with Crippen molar-refractivity contribution >= 4 is 49.6 Å². The lowest BCUT2D eigenvalue weighted by molar-refractivity contribution is -0.154. The van der Waals surface area contributed by atoms with Crippen molar-refractivity contribution in [2.24, 2.45) is 23.7 Å². The van der Waals surface area contributed by atoms with Crippen molar-refractivity contribution in [2.75, 3.05) is 6.54 Å². The van der Waals surface area contributed by atoms with Crippen LogP contribution < -0.4 is 0 Å². The molecule has 3 fully saturated rings. The van der Waals surface area contributed by atoms with E-state index in [9.17, 15) is 14.4 Å². The average molecular weight is 471 g/mol. The summed E-state index contributed by atoms with van der Waals surface area (Å²) in [6.45, 7) is -0.155. The molecule has 5 nitrogen and oxygen atoms in total. The summed E-state index contributed by atoms with van der Waals surface area (Å²) in [5.74, 6) is -1.27. The zero-order valence-corrected chi connectivity index (χ0v) is 16.5. The van der Waals surface area contributed by atoms with Crippen LogP contribution in [0.15, 0.2) is 30.3 Å². The van der Waals surface area contributed by atoms with Crippen LogP contribution in [0, 0.1) is 23.7 Å². The van der Waals surface area contributed by atoms with E-state index >= 15 is 0 Å². The van der Waals surface area contributed by atoms with Crippen LogP contribution in [0.5, 0.6) is 0 Å². The number of carbonyl (C=O) groups is 3. The summed E-state index contributed by atoms with van der Waals surface area (Å²) in [5, 5.41) is 0. The van der Waals surface area contributed by atoms with Gasteiger partial charge in [-0.05, 0) is 23.8 Å². The minimum Gasteiger partial charge on any atom is -0.459 e. The number of benzene rings is 1. The van der Waals surface area contributed by atoms with Crippen LogP contribution in [0.2, 0.25) is 0 Å². The van der Waals surface area contributed by atoms with Crippen LogP contribution in [0.25, 0.3) is 0 Å². The molecular formula is C18H17Br2NO4. The summed E-state index contributed by atoms with van der Waals surface area (Å²) in [6.07, 6.45) is 0.880. The van der Waals surface area contributed by atoms with Gasteiger partial charge in [0.1, 0.15) is 13.2 Å². The summed E-state index contributed by atoms with van der Waals surface area (Å²) < 4.78 is 5.22. The fraction of sp³-hybridized carbons (Fsp3) is 0.500. The summed E-state index contributed by atoms with van der Waals surface area (Å²) in [5.41, 5.74) is 0.870. The zero-order chi connectivity index (χ0) is 17.7. The van der Waals surface area contributed by atoms with E-state index in [4.69, 9.17) is 4.74 Å². The standard InChI is InChI=1S/C18H17Br2NO4/c19-15-10-6-11(16(15)20)14-13(10)17(23)21(18(14)24)7-12(22)25-8-9-4-2-1-3-5-9/h1-5,10-11,13-16H,6-8H2/t10-,11-,13-,14-,15+,16+/m1/s1. The largest absolute Gasteiger partial charge is 0.459 e. The number of halogens is 2. The number of imide groups is 1. The maximum Gasteiger partial charge on any atom is 0.326 e. The van der Waals surface area contributed by atoms with Crippen LogP contribution in [0.4, 0.5) is 0 Å². The maximum atomic E-state index is 12.7. The fourth-order valence-corrected chi connectivity index (χ4v) is 6.35. The molecular weight excluding hydrogens is 454 g/mol. The molecule has 1 aromatic carbocycles. The van der Waals surface area contributed by atoms with Gasteiger partial charge in [-0.1, -0.05) is 62.2 Å². The first-order valence-corrected chi connectivity index (χ1v) is 10.1. The van der Waals surface area contributed by atoms with Crippen molar-refractivity contribution in [3.05, 3.63) is 35.9 Å². The predicted octanol–water partition coefficient (Wildman–Crippen LogP) is 2.51. The lowest BCUT2D eigenvalue weighted by Gasteiger charge is -2.28. The van der Waals surface area contributed by atoms with Gasteiger partial charge >= 0.3 is 5.97 Å². The van der Waals surface area contributed by atoms with Gasteiger partial charge in [-0.2, -0.15) is 0 Å². The van der Waals surface area contributed by atoms with Crippen molar-refractivity contribution in [1.82, 2.24) is 4.90 Å². The van der Waals surface area contributed by atoms with E-state index in [1.807, 2.05) is 30.3 Å². The smallest absolute Gasteiger partial charge is 0.326 e. The molecule has 3 aliphatic rings. The Labute approximate surface area is 162 Å². The summed E-state index contributed by atoms with van der Waals surface area (Å²) >= 11 is 7.29. The Bertz CT molecular complexity index is 693. The number of rotatable bonds is 4. The van der Waals surface area contributed by atoms with Crippen LogP contribution >= 0.6 is 31.9 Å². The lowest BCUT2D eigenvalue weighted by Crippen LogP contribution is -2.38. The van der Waals surface area contributed by atoms with Crippen molar-refractivity contribution in [1.29, 1.82) is 0 Å². The minimum atomic E-state index is -0.552. The number of hydrogen-bond donors (Lipinski definition) is 0. The first-order valence-electron chi connectivity index (χ1n) is 8.32. The number of nitrogens with zero attached hydrogens (tertiary/aromatic N) is 1. The van der Waals surface area contributed by atoms with Gasteiger partial charge in [0.2, 0.25) is 11.8 Å². The highest BCUT2D eigenvalue weighted by atomic mass is 79.9. The van der Waals surface area contributed by atoms with Crippen molar-refractivity contribution in [3.8, 4) is 0 Å². The molecule has 1 aliphatic heterocycles. The molecule has 4 rings (SSSR count).